The molecular weight excluding hydrogens is 410 g/mol. The maximum absolute atomic E-state index is 10.7. The molecule has 2 aromatic carbocycles. The minimum absolute atomic E-state index is 0.169. The van der Waals surface area contributed by atoms with Crippen LogP contribution in [0.5, 0.6) is 23.0 Å². The molecule has 2 aromatic rings. The highest BCUT2D eigenvalue weighted by molar-refractivity contribution is 5.53. The van der Waals surface area contributed by atoms with E-state index in [1.165, 1.54) is 5.56 Å². The van der Waals surface area contributed by atoms with Crippen LogP contribution in [0.2, 0.25) is 0 Å². The number of hydrogen-bond acceptors (Lipinski definition) is 7. The fourth-order valence-corrected chi connectivity index (χ4v) is 3.94. The van der Waals surface area contributed by atoms with Crippen LogP contribution in [0.1, 0.15) is 24.0 Å². The summed E-state index contributed by atoms with van der Waals surface area (Å²) in [6, 6.07) is 11.7. The van der Waals surface area contributed by atoms with Gasteiger partial charge in [-0.2, -0.15) is 0 Å². The van der Waals surface area contributed by atoms with Crippen LogP contribution in [0.3, 0.4) is 0 Å². The van der Waals surface area contributed by atoms with Crippen molar-refractivity contribution in [2.45, 2.75) is 38.5 Å². The molecule has 1 saturated heterocycles. The second-order valence-corrected chi connectivity index (χ2v) is 8.14. The van der Waals surface area contributed by atoms with Crippen LogP contribution in [0.4, 0.5) is 0 Å². The van der Waals surface area contributed by atoms with Crippen molar-refractivity contribution in [1.82, 2.24) is 4.90 Å². The molecular formula is C25H35NO6. The standard InChI is InChI=1S/C25H35NO6/c1-18-7-9-21(10-8-18)32-17-20(27)15-26(16-22-6-5-11-31-22)14-19-12-23(28-2)25(30-4)24(13-19)29-3/h7-10,12-13,20,22,27H,5-6,11,14-17H2,1-4H3. The second-order valence-electron chi connectivity index (χ2n) is 8.14. The lowest BCUT2D eigenvalue weighted by Gasteiger charge is -2.28. The summed E-state index contributed by atoms with van der Waals surface area (Å²) in [7, 11) is 4.81. The highest BCUT2D eigenvalue weighted by atomic mass is 16.5. The van der Waals surface area contributed by atoms with E-state index in [0.717, 1.165) is 37.3 Å². The summed E-state index contributed by atoms with van der Waals surface area (Å²) >= 11 is 0. The van der Waals surface area contributed by atoms with Crippen molar-refractivity contribution in [2.75, 3.05) is 47.6 Å². The molecule has 2 atom stereocenters. The Bertz CT molecular complexity index is 810. The number of hydrogen-bond donors (Lipinski definition) is 1. The molecule has 3 rings (SSSR count). The van der Waals surface area contributed by atoms with E-state index in [2.05, 4.69) is 4.90 Å². The Morgan fingerprint density at radius 3 is 2.31 bits per heavy atom. The van der Waals surface area contributed by atoms with Crippen molar-refractivity contribution in [2.24, 2.45) is 0 Å². The third-order valence-electron chi connectivity index (χ3n) is 5.55. The fourth-order valence-electron chi connectivity index (χ4n) is 3.94. The quantitative estimate of drug-likeness (QED) is 0.537. The van der Waals surface area contributed by atoms with Crippen molar-refractivity contribution in [3.05, 3.63) is 47.5 Å². The van der Waals surface area contributed by atoms with Crippen molar-refractivity contribution < 1.29 is 28.8 Å². The molecule has 0 saturated carbocycles. The number of aryl methyl sites for hydroxylation is 1. The second kappa shape index (κ2) is 11.9. The first kappa shape index (κ1) is 24.2. The Kier molecular flexibility index (Phi) is 9.02. The van der Waals surface area contributed by atoms with Crippen LogP contribution >= 0.6 is 0 Å². The number of benzene rings is 2. The monoisotopic (exact) mass is 445 g/mol. The zero-order valence-electron chi connectivity index (χ0n) is 19.5. The van der Waals surface area contributed by atoms with Gasteiger partial charge in [0.2, 0.25) is 5.75 Å². The lowest BCUT2D eigenvalue weighted by Crippen LogP contribution is -2.39. The van der Waals surface area contributed by atoms with Crippen LogP contribution in [-0.4, -0.2) is 69.8 Å². The average Bonchev–Trinajstić information content (AvgIpc) is 3.31. The van der Waals surface area contributed by atoms with Gasteiger partial charge in [-0.15, -0.1) is 0 Å². The van der Waals surface area contributed by atoms with Crippen LogP contribution in [-0.2, 0) is 11.3 Å². The third-order valence-corrected chi connectivity index (χ3v) is 5.55. The predicted octanol–water partition coefficient (Wildman–Crippen LogP) is 3.44. The molecule has 1 aliphatic rings. The summed E-state index contributed by atoms with van der Waals surface area (Å²) in [4.78, 5) is 2.19. The van der Waals surface area contributed by atoms with Gasteiger partial charge in [-0.25, -0.2) is 0 Å². The van der Waals surface area contributed by atoms with Gasteiger partial charge in [0.05, 0.1) is 27.4 Å². The molecule has 32 heavy (non-hydrogen) atoms. The fraction of sp³-hybridized carbons (Fsp3) is 0.520. The number of rotatable bonds is 12. The maximum atomic E-state index is 10.7. The molecule has 0 aliphatic carbocycles. The number of nitrogens with zero attached hydrogens (tertiary/aromatic N) is 1. The van der Waals surface area contributed by atoms with Crippen LogP contribution in [0, 0.1) is 6.92 Å². The molecule has 0 amide bonds. The molecule has 1 aliphatic heterocycles. The molecule has 7 nitrogen and oxygen atoms in total. The average molecular weight is 446 g/mol. The molecule has 1 fully saturated rings. The molecule has 176 valence electrons. The Balaban J connectivity index is 1.68. The van der Waals surface area contributed by atoms with Gasteiger partial charge in [0.25, 0.3) is 0 Å². The van der Waals surface area contributed by atoms with E-state index in [1.807, 2.05) is 43.3 Å². The smallest absolute Gasteiger partial charge is 0.203 e. The number of aliphatic hydroxyl groups excluding tert-OH is 1. The minimum atomic E-state index is -0.639. The molecule has 0 aromatic heterocycles. The molecule has 0 radical (unpaired) electrons. The lowest BCUT2D eigenvalue weighted by molar-refractivity contribution is 0.0313. The van der Waals surface area contributed by atoms with Gasteiger partial charge in [0.15, 0.2) is 11.5 Å². The zero-order chi connectivity index (χ0) is 22.9. The number of aliphatic hydroxyl groups is 1. The van der Waals surface area contributed by atoms with Crippen molar-refractivity contribution in [3.63, 3.8) is 0 Å². The van der Waals surface area contributed by atoms with Gasteiger partial charge in [0.1, 0.15) is 18.5 Å². The summed E-state index contributed by atoms with van der Waals surface area (Å²) in [5, 5.41) is 10.7. The zero-order valence-corrected chi connectivity index (χ0v) is 19.5. The van der Waals surface area contributed by atoms with Crippen LogP contribution in [0.25, 0.3) is 0 Å². The van der Waals surface area contributed by atoms with Gasteiger partial charge in [-0.05, 0) is 49.6 Å². The maximum Gasteiger partial charge on any atom is 0.203 e. The van der Waals surface area contributed by atoms with E-state index >= 15 is 0 Å². The Labute approximate surface area is 190 Å². The highest BCUT2D eigenvalue weighted by Crippen LogP contribution is 2.38. The summed E-state index contributed by atoms with van der Waals surface area (Å²) in [6.45, 7) is 4.85. The van der Waals surface area contributed by atoms with Crippen molar-refractivity contribution >= 4 is 0 Å². The molecule has 1 N–H and O–H groups in total. The van der Waals surface area contributed by atoms with E-state index < -0.39 is 6.10 Å². The minimum Gasteiger partial charge on any atom is -0.493 e. The topological polar surface area (TPSA) is 69.6 Å². The van der Waals surface area contributed by atoms with E-state index in [-0.39, 0.29) is 12.7 Å². The van der Waals surface area contributed by atoms with E-state index in [9.17, 15) is 5.11 Å². The molecule has 1 heterocycles. The first-order chi connectivity index (χ1) is 15.5. The van der Waals surface area contributed by atoms with Gasteiger partial charge < -0.3 is 28.8 Å². The van der Waals surface area contributed by atoms with Gasteiger partial charge in [-0.3, -0.25) is 4.90 Å². The van der Waals surface area contributed by atoms with Crippen LogP contribution < -0.4 is 18.9 Å². The molecule has 2 unspecified atom stereocenters. The molecule has 0 bridgehead atoms. The largest absolute Gasteiger partial charge is 0.493 e. The Morgan fingerprint density at radius 1 is 1.06 bits per heavy atom. The molecule has 7 heteroatoms. The summed E-state index contributed by atoms with van der Waals surface area (Å²) < 4.78 is 28.0. The van der Waals surface area contributed by atoms with E-state index in [1.54, 1.807) is 21.3 Å². The Morgan fingerprint density at radius 2 is 1.75 bits per heavy atom. The predicted molar refractivity (Wildman–Crippen MR) is 123 cm³/mol. The third kappa shape index (κ3) is 6.76. The normalized spacial score (nSPS) is 16.8. The highest BCUT2D eigenvalue weighted by Gasteiger charge is 2.23. The van der Waals surface area contributed by atoms with E-state index in [0.29, 0.717) is 30.3 Å². The number of ether oxygens (including phenoxy) is 5. The van der Waals surface area contributed by atoms with Crippen LogP contribution in [0.15, 0.2) is 36.4 Å². The van der Waals surface area contributed by atoms with Gasteiger partial charge in [0, 0.05) is 26.2 Å². The van der Waals surface area contributed by atoms with Crippen molar-refractivity contribution in [3.8, 4) is 23.0 Å². The summed E-state index contributed by atoms with van der Waals surface area (Å²) in [6.07, 6.45) is 1.63. The van der Waals surface area contributed by atoms with E-state index in [4.69, 9.17) is 23.7 Å². The first-order valence-electron chi connectivity index (χ1n) is 11.0. The summed E-state index contributed by atoms with van der Waals surface area (Å²) in [5.74, 6) is 2.55. The van der Waals surface area contributed by atoms with Crippen molar-refractivity contribution in [1.29, 1.82) is 0 Å². The lowest BCUT2D eigenvalue weighted by atomic mass is 10.1. The summed E-state index contributed by atoms with van der Waals surface area (Å²) in [5.41, 5.74) is 2.18. The first-order valence-corrected chi connectivity index (χ1v) is 11.0. The molecule has 0 spiro atoms. The Hall–Kier alpha value is -2.48. The number of methoxy groups -OCH3 is 3. The van der Waals surface area contributed by atoms with Gasteiger partial charge in [-0.1, -0.05) is 17.7 Å². The van der Waals surface area contributed by atoms with Gasteiger partial charge >= 0.3 is 0 Å². The SMILES string of the molecule is COc1cc(CN(CC(O)COc2ccc(C)cc2)CC2CCCO2)cc(OC)c1OC.